The number of carbonyl (C=O) groups is 1. The topological polar surface area (TPSA) is 90.7 Å². The summed E-state index contributed by atoms with van der Waals surface area (Å²) in [5, 5.41) is 15.4. The van der Waals surface area contributed by atoms with Crippen LogP contribution in [-0.2, 0) is 11.2 Å². The van der Waals surface area contributed by atoms with Crippen LogP contribution in [0.15, 0.2) is 34.5 Å². The van der Waals surface area contributed by atoms with E-state index in [4.69, 9.17) is 9.47 Å². The van der Waals surface area contributed by atoms with Crippen molar-refractivity contribution in [2.45, 2.75) is 25.2 Å². The molecule has 0 fully saturated rings. The van der Waals surface area contributed by atoms with Crippen LogP contribution in [0.4, 0.5) is 5.00 Å². The summed E-state index contributed by atoms with van der Waals surface area (Å²) in [5.41, 5.74) is 1.03. The van der Waals surface area contributed by atoms with Gasteiger partial charge in [0.1, 0.15) is 0 Å². The zero-order valence-corrected chi connectivity index (χ0v) is 16.9. The van der Waals surface area contributed by atoms with Gasteiger partial charge in [0.05, 0.1) is 28.8 Å². The second kappa shape index (κ2) is 10.8. The minimum absolute atomic E-state index is 0.0747. The van der Waals surface area contributed by atoms with Crippen molar-refractivity contribution in [3.63, 3.8) is 0 Å². The lowest BCUT2D eigenvalue weighted by molar-refractivity contribution is -0.382. The Kier molecular flexibility index (Phi) is 8.41. The standard InChI is InChI=1S/C18H22N2O5S2/c1-3-24-14-6-5-13(11-15(14)25-4-2)7-9-19-17(21)12-27-16-8-10-26-18(16)20(22)23/h5-6,8,10-11H,3-4,7,9,12H2,1-2H3,(H,19,21). The minimum atomic E-state index is -0.424. The Morgan fingerprint density at radius 3 is 2.67 bits per heavy atom. The molecule has 1 amide bonds. The predicted molar refractivity (Wildman–Crippen MR) is 107 cm³/mol. The summed E-state index contributed by atoms with van der Waals surface area (Å²) < 4.78 is 11.1. The molecule has 146 valence electrons. The van der Waals surface area contributed by atoms with Gasteiger partial charge < -0.3 is 14.8 Å². The van der Waals surface area contributed by atoms with E-state index in [1.54, 1.807) is 11.4 Å². The van der Waals surface area contributed by atoms with E-state index in [-0.39, 0.29) is 16.7 Å². The molecule has 1 aromatic carbocycles. The molecule has 0 radical (unpaired) electrons. The summed E-state index contributed by atoms with van der Waals surface area (Å²) in [4.78, 5) is 23.0. The fourth-order valence-electron chi connectivity index (χ4n) is 2.32. The van der Waals surface area contributed by atoms with E-state index in [1.807, 2.05) is 32.0 Å². The van der Waals surface area contributed by atoms with Gasteiger partial charge in [0.2, 0.25) is 5.91 Å². The first kappa shape index (κ1) is 21.0. The molecule has 9 heteroatoms. The molecule has 1 heterocycles. The molecule has 1 N–H and O–H groups in total. The number of benzene rings is 1. The van der Waals surface area contributed by atoms with Gasteiger partial charge in [-0.1, -0.05) is 17.4 Å². The van der Waals surface area contributed by atoms with E-state index < -0.39 is 4.92 Å². The van der Waals surface area contributed by atoms with E-state index in [2.05, 4.69) is 5.32 Å². The lowest BCUT2D eigenvalue weighted by atomic mass is 10.1. The van der Waals surface area contributed by atoms with E-state index >= 15 is 0 Å². The molecule has 0 aliphatic rings. The summed E-state index contributed by atoms with van der Waals surface area (Å²) >= 11 is 2.23. The molecule has 0 saturated carbocycles. The van der Waals surface area contributed by atoms with Gasteiger partial charge in [-0.15, -0.1) is 11.8 Å². The molecular formula is C18H22N2O5S2. The van der Waals surface area contributed by atoms with E-state index in [0.717, 1.165) is 16.9 Å². The van der Waals surface area contributed by atoms with E-state index in [9.17, 15) is 14.9 Å². The molecule has 0 aliphatic carbocycles. The third kappa shape index (κ3) is 6.44. The number of nitrogens with zero attached hydrogens (tertiary/aromatic N) is 1. The first-order valence-electron chi connectivity index (χ1n) is 8.55. The van der Waals surface area contributed by atoms with Crippen LogP contribution in [0.5, 0.6) is 11.5 Å². The van der Waals surface area contributed by atoms with Crippen molar-refractivity contribution < 1.29 is 19.2 Å². The van der Waals surface area contributed by atoms with Gasteiger partial charge in [0.15, 0.2) is 11.5 Å². The highest BCUT2D eigenvalue weighted by molar-refractivity contribution is 8.00. The average Bonchev–Trinajstić information content (AvgIpc) is 3.11. The molecule has 0 saturated heterocycles. The van der Waals surface area contributed by atoms with Crippen LogP contribution in [0.1, 0.15) is 19.4 Å². The third-order valence-electron chi connectivity index (χ3n) is 3.48. The maximum atomic E-state index is 12.0. The van der Waals surface area contributed by atoms with Gasteiger partial charge in [-0.25, -0.2) is 0 Å². The summed E-state index contributed by atoms with van der Waals surface area (Å²) in [7, 11) is 0. The summed E-state index contributed by atoms with van der Waals surface area (Å²) in [6.07, 6.45) is 0.654. The fourth-order valence-corrected chi connectivity index (χ4v) is 4.09. The maximum absolute atomic E-state index is 12.0. The predicted octanol–water partition coefficient (Wildman–Crippen LogP) is 3.90. The SMILES string of the molecule is CCOc1ccc(CCNC(=O)CSc2ccsc2[N+](=O)[O-])cc1OCC. The smallest absolute Gasteiger partial charge is 0.337 e. The van der Waals surface area contributed by atoms with Crippen LogP contribution in [0, 0.1) is 10.1 Å². The second-order valence-electron chi connectivity index (χ2n) is 5.38. The second-order valence-corrected chi connectivity index (χ2v) is 7.29. The van der Waals surface area contributed by atoms with Crippen molar-refractivity contribution in [2.24, 2.45) is 0 Å². The number of hydrogen-bond donors (Lipinski definition) is 1. The maximum Gasteiger partial charge on any atom is 0.337 e. The Labute approximate surface area is 166 Å². The van der Waals surface area contributed by atoms with Gasteiger partial charge in [-0.2, -0.15) is 0 Å². The normalized spacial score (nSPS) is 10.4. The minimum Gasteiger partial charge on any atom is -0.490 e. The van der Waals surface area contributed by atoms with Crippen LogP contribution < -0.4 is 14.8 Å². The zero-order chi connectivity index (χ0) is 19.6. The van der Waals surface area contributed by atoms with Crippen molar-refractivity contribution in [3.8, 4) is 11.5 Å². The molecule has 1 aromatic heterocycles. The highest BCUT2D eigenvalue weighted by Gasteiger charge is 2.16. The molecule has 2 rings (SSSR count). The lowest BCUT2D eigenvalue weighted by Crippen LogP contribution is -2.27. The zero-order valence-electron chi connectivity index (χ0n) is 15.2. The third-order valence-corrected chi connectivity index (χ3v) is 5.52. The van der Waals surface area contributed by atoms with Crippen LogP contribution in [0.2, 0.25) is 0 Å². The number of hydrogen-bond acceptors (Lipinski definition) is 7. The van der Waals surface area contributed by atoms with E-state index in [0.29, 0.717) is 42.6 Å². The van der Waals surface area contributed by atoms with Gasteiger partial charge >= 0.3 is 5.00 Å². The molecule has 0 aliphatic heterocycles. The van der Waals surface area contributed by atoms with Crippen LogP contribution in [-0.4, -0.2) is 36.3 Å². The van der Waals surface area contributed by atoms with Crippen molar-refractivity contribution in [1.29, 1.82) is 0 Å². The van der Waals surface area contributed by atoms with Crippen molar-refractivity contribution >= 4 is 34.0 Å². The Balaban J connectivity index is 1.81. The van der Waals surface area contributed by atoms with Gasteiger partial charge in [-0.05, 0) is 49.4 Å². The molecule has 2 aromatic rings. The Morgan fingerprint density at radius 2 is 1.96 bits per heavy atom. The molecule has 0 unspecified atom stereocenters. The van der Waals surface area contributed by atoms with Crippen molar-refractivity contribution in [1.82, 2.24) is 5.32 Å². The van der Waals surface area contributed by atoms with Gasteiger partial charge in [0, 0.05) is 6.54 Å². The molecule has 27 heavy (non-hydrogen) atoms. The molecule has 0 atom stereocenters. The number of nitro groups is 1. The average molecular weight is 411 g/mol. The molecular weight excluding hydrogens is 388 g/mol. The number of nitrogens with one attached hydrogen (secondary N) is 1. The quantitative estimate of drug-likeness (QED) is 0.343. The lowest BCUT2D eigenvalue weighted by Gasteiger charge is -2.12. The fraction of sp³-hybridized carbons (Fsp3) is 0.389. The number of rotatable bonds is 11. The molecule has 7 nitrogen and oxygen atoms in total. The van der Waals surface area contributed by atoms with Gasteiger partial charge in [-0.3, -0.25) is 14.9 Å². The number of amides is 1. The van der Waals surface area contributed by atoms with Crippen LogP contribution >= 0.6 is 23.1 Å². The highest BCUT2D eigenvalue weighted by atomic mass is 32.2. The number of carbonyl (C=O) groups excluding carboxylic acids is 1. The summed E-state index contributed by atoms with van der Waals surface area (Å²) in [6, 6.07) is 7.40. The number of thiophene rings is 1. The number of thioether (sulfide) groups is 1. The summed E-state index contributed by atoms with van der Waals surface area (Å²) in [6.45, 7) is 5.42. The Morgan fingerprint density at radius 1 is 1.22 bits per heavy atom. The van der Waals surface area contributed by atoms with Crippen molar-refractivity contribution in [3.05, 3.63) is 45.3 Å². The van der Waals surface area contributed by atoms with Gasteiger partial charge in [0.25, 0.3) is 0 Å². The first-order valence-corrected chi connectivity index (χ1v) is 10.4. The Bertz CT molecular complexity index is 779. The molecule has 0 spiro atoms. The van der Waals surface area contributed by atoms with Crippen LogP contribution in [0.25, 0.3) is 0 Å². The van der Waals surface area contributed by atoms with Crippen molar-refractivity contribution in [2.75, 3.05) is 25.5 Å². The van der Waals surface area contributed by atoms with E-state index in [1.165, 1.54) is 11.8 Å². The van der Waals surface area contributed by atoms with Crippen LogP contribution in [0.3, 0.4) is 0 Å². The first-order chi connectivity index (χ1) is 13.0. The number of ether oxygens (including phenoxy) is 2. The summed E-state index contributed by atoms with van der Waals surface area (Å²) in [5.74, 6) is 1.39. The monoisotopic (exact) mass is 410 g/mol. The largest absolute Gasteiger partial charge is 0.490 e. The Hall–Kier alpha value is -2.26. The highest BCUT2D eigenvalue weighted by Crippen LogP contribution is 2.34. The molecule has 0 bridgehead atoms.